The highest BCUT2D eigenvalue weighted by molar-refractivity contribution is 9.10. The molecule has 0 aliphatic carbocycles. The molecule has 0 bridgehead atoms. The van der Waals surface area contributed by atoms with Gasteiger partial charge in [-0.3, -0.25) is 0 Å². The van der Waals surface area contributed by atoms with Crippen LogP contribution >= 0.6 is 15.9 Å². The van der Waals surface area contributed by atoms with Crippen molar-refractivity contribution < 1.29 is 0 Å². The Morgan fingerprint density at radius 3 is 2.94 bits per heavy atom. The molecule has 0 spiro atoms. The second-order valence-electron chi connectivity index (χ2n) is 2.99. The summed E-state index contributed by atoms with van der Waals surface area (Å²) in [5, 5.41) is 8.57. The van der Waals surface area contributed by atoms with Crippen molar-refractivity contribution in [1.29, 1.82) is 5.26 Å². The molecule has 0 fully saturated rings. The molecule has 0 saturated carbocycles. The first-order valence-electron chi connectivity index (χ1n) is 4.83. The summed E-state index contributed by atoms with van der Waals surface area (Å²) >= 11 is 3.38. The number of anilines is 2. The molecule has 3 N–H and O–H groups in total. The SMILES string of the molecule is CCN(CCC#N)c1ncnc(NN)c1Br. The van der Waals surface area contributed by atoms with Crippen LogP contribution in [0.25, 0.3) is 0 Å². The maximum absolute atomic E-state index is 8.57. The van der Waals surface area contributed by atoms with E-state index in [4.69, 9.17) is 11.1 Å². The molecule has 0 saturated heterocycles. The molecule has 0 aromatic carbocycles. The van der Waals surface area contributed by atoms with Gasteiger partial charge < -0.3 is 10.3 Å². The van der Waals surface area contributed by atoms with Crippen LogP contribution in [0.4, 0.5) is 11.6 Å². The number of halogens is 1. The Kier molecular flexibility index (Phi) is 4.95. The van der Waals surface area contributed by atoms with E-state index < -0.39 is 0 Å². The van der Waals surface area contributed by atoms with Crippen LogP contribution in [0.5, 0.6) is 0 Å². The Bertz CT molecular complexity index is 388. The van der Waals surface area contributed by atoms with Crippen molar-refractivity contribution in [3.63, 3.8) is 0 Å². The van der Waals surface area contributed by atoms with Crippen LogP contribution in [0.2, 0.25) is 0 Å². The number of rotatable bonds is 5. The second-order valence-corrected chi connectivity index (χ2v) is 3.78. The van der Waals surface area contributed by atoms with E-state index in [0.717, 1.165) is 12.4 Å². The van der Waals surface area contributed by atoms with Crippen molar-refractivity contribution in [2.45, 2.75) is 13.3 Å². The molecule has 1 rings (SSSR count). The number of nitrogens with one attached hydrogen (secondary N) is 1. The largest absolute Gasteiger partial charge is 0.355 e. The van der Waals surface area contributed by atoms with E-state index in [1.54, 1.807) is 0 Å². The topological polar surface area (TPSA) is 90.9 Å². The first-order valence-corrected chi connectivity index (χ1v) is 5.62. The Morgan fingerprint density at radius 2 is 2.38 bits per heavy atom. The molecular weight excluding hydrogens is 272 g/mol. The summed E-state index contributed by atoms with van der Waals surface area (Å²) in [6.45, 7) is 3.40. The maximum Gasteiger partial charge on any atom is 0.159 e. The number of hydrogen-bond acceptors (Lipinski definition) is 6. The van der Waals surface area contributed by atoms with Crippen LogP contribution in [0.15, 0.2) is 10.8 Å². The average molecular weight is 285 g/mol. The van der Waals surface area contributed by atoms with Gasteiger partial charge in [0.25, 0.3) is 0 Å². The minimum atomic E-state index is 0.454. The number of nitrogens with zero attached hydrogens (tertiary/aromatic N) is 4. The zero-order valence-electron chi connectivity index (χ0n) is 8.94. The number of nitrogen functional groups attached to an aromatic ring is 1. The summed E-state index contributed by atoms with van der Waals surface area (Å²) in [7, 11) is 0. The normalized spacial score (nSPS) is 9.62. The molecule has 7 heteroatoms. The molecule has 1 heterocycles. The van der Waals surface area contributed by atoms with Crippen molar-refractivity contribution in [2.75, 3.05) is 23.4 Å². The molecule has 0 radical (unpaired) electrons. The lowest BCUT2D eigenvalue weighted by Crippen LogP contribution is -2.25. The lowest BCUT2D eigenvalue weighted by Gasteiger charge is -2.22. The maximum atomic E-state index is 8.57. The highest BCUT2D eigenvalue weighted by Gasteiger charge is 2.13. The monoisotopic (exact) mass is 284 g/mol. The summed E-state index contributed by atoms with van der Waals surface area (Å²) in [6, 6.07) is 2.11. The molecule has 0 amide bonds. The smallest absolute Gasteiger partial charge is 0.159 e. The van der Waals surface area contributed by atoms with Crippen molar-refractivity contribution >= 4 is 27.6 Å². The molecule has 0 atom stereocenters. The molecular formula is C9H13BrN6. The van der Waals surface area contributed by atoms with Gasteiger partial charge in [-0.15, -0.1) is 0 Å². The summed E-state index contributed by atoms with van der Waals surface area (Å²) in [5.74, 6) is 6.59. The number of nitriles is 1. The van der Waals surface area contributed by atoms with Gasteiger partial charge in [0.2, 0.25) is 0 Å². The minimum absolute atomic E-state index is 0.454. The third kappa shape index (κ3) is 2.81. The van der Waals surface area contributed by atoms with Crippen LogP contribution in [0.1, 0.15) is 13.3 Å². The van der Waals surface area contributed by atoms with Gasteiger partial charge in [0.1, 0.15) is 16.6 Å². The first kappa shape index (κ1) is 12.7. The van der Waals surface area contributed by atoms with E-state index >= 15 is 0 Å². The Hall–Kier alpha value is -1.39. The zero-order chi connectivity index (χ0) is 12.0. The predicted octanol–water partition coefficient (Wildman–Crippen LogP) is 1.26. The van der Waals surface area contributed by atoms with Gasteiger partial charge in [0.05, 0.1) is 12.5 Å². The number of hydrogen-bond donors (Lipinski definition) is 2. The van der Waals surface area contributed by atoms with E-state index in [1.807, 2.05) is 11.8 Å². The Balaban J connectivity index is 2.96. The lowest BCUT2D eigenvalue weighted by atomic mass is 10.4. The van der Waals surface area contributed by atoms with E-state index in [2.05, 4.69) is 37.4 Å². The van der Waals surface area contributed by atoms with Crippen LogP contribution in [0.3, 0.4) is 0 Å². The lowest BCUT2D eigenvalue weighted by molar-refractivity contribution is 0.804. The van der Waals surface area contributed by atoms with Gasteiger partial charge in [0, 0.05) is 13.1 Å². The van der Waals surface area contributed by atoms with Crippen LogP contribution < -0.4 is 16.2 Å². The summed E-state index contributed by atoms with van der Waals surface area (Å²) < 4.78 is 0.706. The van der Waals surface area contributed by atoms with Gasteiger partial charge in [-0.25, -0.2) is 15.8 Å². The van der Waals surface area contributed by atoms with Gasteiger partial charge in [-0.1, -0.05) is 0 Å². The first-order chi connectivity index (χ1) is 7.74. The van der Waals surface area contributed by atoms with Gasteiger partial charge >= 0.3 is 0 Å². The third-order valence-electron chi connectivity index (χ3n) is 2.08. The standard InChI is InChI=1S/C9H13BrN6/c1-2-16(5-3-4-11)9-7(10)8(15-12)13-6-14-9/h6H,2-3,5,12H2,1H3,(H,13,14,15). The summed E-state index contributed by atoms with van der Waals surface area (Å²) in [5.41, 5.74) is 2.48. The molecule has 0 aliphatic heterocycles. The van der Waals surface area contributed by atoms with Gasteiger partial charge in [-0.2, -0.15) is 5.26 Å². The number of aromatic nitrogens is 2. The van der Waals surface area contributed by atoms with Crippen LogP contribution in [0, 0.1) is 11.3 Å². The Labute approximate surface area is 103 Å². The molecule has 1 aromatic heterocycles. The molecule has 0 aliphatic rings. The van der Waals surface area contributed by atoms with Crippen molar-refractivity contribution in [2.24, 2.45) is 5.84 Å². The van der Waals surface area contributed by atoms with E-state index in [-0.39, 0.29) is 0 Å². The van der Waals surface area contributed by atoms with Crippen molar-refractivity contribution in [3.8, 4) is 6.07 Å². The van der Waals surface area contributed by atoms with Gasteiger partial charge in [-0.05, 0) is 22.9 Å². The van der Waals surface area contributed by atoms with Crippen LogP contribution in [-0.2, 0) is 0 Å². The minimum Gasteiger partial charge on any atom is -0.355 e. The number of hydrazine groups is 1. The molecule has 0 unspecified atom stereocenters. The molecule has 86 valence electrons. The fourth-order valence-electron chi connectivity index (χ4n) is 1.28. The van der Waals surface area contributed by atoms with Crippen molar-refractivity contribution in [1.82, 2.24) is 9.97 Å². The molecule has 1 aromatic rings. The average Bonchev–Trinajstić information content (AvgIpc) is 2.32. The zero-order valence-corrected chi connectivity index (χ0v) is 10.5. The van der Waals surface area contributed by atoms with E-state index in [0.29, 0.717) is 23.3 Å². The third-order valence-corrected chi connectivity index (χ3v) is 2.81. The molecule has 16 heavy (non-hydrogen) atoms. The second kappa shape index (κ2) is 6.25. The summed E-state index contributed by atoms with van der Waals surface area (Å²) in [4.78, 5) is 10.1. The Morgan fingerprint density at radius 1 is 1.62 bits per heavy atom. The highest BCUT2D eigenvalue weighted by Crippen LogP contribution is 2.28. The van der Waals surface area contributed by atoms with Crippen molar-refractivity contribution in [3.05, 3.63) is 10.8 Å². The molecule has 6 nitrogen and oxygen atoms in total. The fraction of sp³-hybridized carbons (Fsp3) is 0.444. The fourth-order valence-corrected chi connectivity index (χ4v) is 1.85. The van der Waals surface area contributed by atoms with Crippen LogP contribution in [-0.4, -0.2) is 23.1 Å². The van der Waals surface area contributed by atoms with Gasteiger partial charge in [0.15, 0.2) is 5.82 Å². The van der Waals surface area contributed by atoms with E-state index in [1.165, 1.54) is 6.33 Å². The summed E-state index contributed by atoms with van der Waals surface area (Å²) in [6.07, 6.45) is 1.89. The predicted molar refractivity (Wildman–Crippen MR) is 65.7 cm³/mol. The number of nitrogens with two attached hydrogens (primary N) is 1. The van der Waals surface area contributed by atoms with E-state index in [9.17, 15) is 0 Å². The quantitative estimate of drug-likeness (QED) is 0.625. The highest BCUT2D eigenvalue weighted by atomic mass is 79.9.